The van der Waals surface area contributed by atoms with Crippen LogP contribution in [0.3, 0.4) is 0 Å². The Hall–Kier alpha value is -12.1. The van der Waals surface area contributed by atoms with E-state index in [9.17, 15) is 47.9 Å². The van der Waals surface area contributed by atoms with Crippen LogP contribution in [0.25, 0.3) is 0 Å². The third-order valence-electron chi connectivity index (χ3n) is 19.1. The first-order valence-corrected chi connectivity index (χ1v) is 34.9. The Bertz CT molecular complexity index is 4660. The van der Waals surface area contributed by atoms with Crippen LogP contribution in [0.4, 0.5) is 28.4 Å². The number of hydrogen-bond acceptors (Lipinski definition) is 10. The van der Waals surface area contributed by atoms with E-state index in [0.717, 1.165) is 52.0 Å². The number of benzene rings is 10. The molecule has 5 unspecified atom stereocenters. The molecule has 5 heterocycles. The normalized spacial score (nSPS) is 18.2. The van der Waals surface area contributed by atoms with Gasteiger partial charge in [0.05, 0.1) is 36.1 Å². The summed E-state index contributed by atoms with van der Waals surface area (Å²) in [5.74, 6) is -3.67. The quantitative estimate of drug-likeness (QED) is 0.0948. The molecule has 2 fully saturated rings. The molecule has 10 aromatic rings. The molecule has 15 nitrogen and oxygen atoms in total. The van der Waals surface area contributed by atoms with Crippen LogP contribution in [0.15, 0.2) is 285 Å². The number of carbonyl (C=O) groups is 10. The molecular weight excluding hydrogens is 1290 g/mol. The largest absolute Gasteiger partial charge is 0.314 e. The lowest BCUT2D eigenvalue weighted by Crippen LogP contribution is -2.47. The van der Waals surface area contributed by atoms with Crippen molar-refractivity contribution in [2.24, 2.45) is 23.7 Å². The SMILES string of the molecule is CCCCC1C(=O)CN(c2ccccc2)C1=O.CN1C(=O)C(Cc2ccccc2)C(=O)c2ccccc21.CN1C(=O)C(c2ccccc2)C(=O)c2ccccc21.O=C1CCN(c2ccccc2)C(=O)C1Cc1ccccc1.O=C1c2ccccc2N(Cc2ccccc2)C(=O)C1Cc1ccccc1. The number of carbonyl (C=O) groups excluding carboxylic acids is 10. The van der Waals surface area contributed by atoms with Gasteiger partial charge in [-0.1, -0.05) is 244 Å². The highest BCUT2D eigenvalue weighted by Gasteiger charge is 2.43. The highest BCUT2D eigenvalue weighted by molar-refractivity contribution is 6.25. The first kappa shape index (κ1) is 72.2. The fraction of sp³-hybridized carbons (Fsp3) is 0.205. The number of nitrogens with zero attached hydrogens (tertiary/aromatic N) is 5. The molecule has 0 bridgehead atoms. The molecule has 5 atom stereocenters. The van der Waals surface area contributed by atoms with Crippen LogP contribution in [-0.2, 0) is 59.4 Å². The van der Waals surface area contributed by atoms with E-state index in [-0.39, 0.29) is 65.0 Å². The van der Waals surface area contributed by atoms with E-state index in [2.05, 4.69) is 6.92 Å². The molecule has 0 N–H and O–H groups in total. The van der Waals surface area contributed by atoms with Crippen molar-refractivity contribution in [3.05, 3.63) is 330 Å². The number of rotatable bonds is 14. The molecule has 518 valence electrons. The van der Waals surface area contributed by atoms with Crippen molar-refractivity contribution in [2.45, 2.75) is 64.3 Å². The number of amides is 5. The van der Waals surface area contributed by atoms with Crippen LogP contribution in [0.5, 0.6) is 0 Å². The van der Waals surface area contributed by atoms with Crippen molar-refractivity contribution in [1.82, 2.24) is 0 Å². The van der Waals surface area contributed by atoms with Crippen molar-refractivity contribution >= 4 is 86.9 Å². The van der Waals surface area contributed by atoms with Crippen LogP contribution in [0.2, 0.25) is 0 Å². The van der Waals surface area contributed by atoms with Gasteiger partial charge >= 0.3 is 0 Å². The number of para-hydroxylation sites is 5. The summed E-state index contributed by atoms with van der Waals surface area (Å²) in [7, 11) is 3.44. The zero-order valence-corrected chi connectivity index (χ0v) is 57.9. The van der Waals surface area contributed by atoms with Gasteiger partial charge in [0.1, 0.15) is 29.5 Å². The minimum atomic E-state index is -0.721. The van der Waals surface area contributed by atoms with Gasteiger partial charge in [-0.15, -0.1) is 0 Å². The number of piperidine rings is 1. The van der Waals surface area contributed by atoms with Crippen molar-refractivity contribution in [3.63, 3.8) is 0 Å². The van der Waals surface area contributed by atoms with Crippen LogP contribution in [-0.4, -0.2) is 85.6 Å². The number of unbranched alkanes of at least 4 members (excludes halogenated alkanes) is 1. The highest BCUT2D eigenvalue weighted by Crippen LogP contribution is 2.37. The Kier molecular flexibility index (Phi) is 24.0. The summed E-state index contributed by atoms with van der Waals surface area (Å²) in [4.78, 5) is 133. The lowest BCUT2D eigenvalue weighted by Gasteiger charge is -2.33. The van der Waals surface area contributed by atoms with Gasteiger partial charge < -0.3 is 24.5 Å². The fourth-order valence-electron chi connectivity index (χ4n) is 13.6. The lowest BCUT2D eigenvalue weighted by atomic mass is 9.85. The van der Waals surface area contributed by atoms with Crippen LogP contribution in [0.1, 0.15) is 97.4 Å². The van der Waals surface area contributed by atoms with Gasteiger partial charge in [0.25, 0.3) is 0 Å². The molecule has 5 amide bonds. The van der Waals surface area contributed by atoms with Crippen molar-refractivity contribution in [1.29, 1.82) is 0 Å². The zero-order valence-electron chi connectivity index (χ0n) is 57.9. The Labute approximate surface area is 601 Å². The van der Waals surface area contributed by atoms with Crippen LogP contribution < -0.4 is 24.5 Å². The summed E-state index contributed by atoms with van der Waals surface area (Å²) in [6.07, 6.45) is 4.44. The molecule has 0 radical (unpaired) electrons. The average molecular weight is 1370 g/mol. The molecule has 0 aromatic heterocycles. The standard InChI is InChI=1S/C23H19NO2.C18H17NO2.C17H15NO2.C16H13NO2.C14H17NO2/c25-22-19-13-7-8-14-21(19)24(16-18-11-5-2-6-12-18)23(26)20(22)15-17-9-3-1-4-10-17;20-17-11-12-19(15-9-5-2-6-10-15)18(21)16(17)13-14-7-3-1-4-8-14;1-18-15-10-6-5-9-13(15)16(19)14(17(18)20)11-12-7-3-2-4-8-12;1-17-13-10-6-5-9-12(13)15(18)14(16(17)19)11-7-3-2-4-8-11;1-2-3-9-12-13(16)10-15(14(12)17)11-7-5-4-6-8-11/h1-14,20H,15-16H2;1-10,16H,11-13H2;2-10,14H,11H2,1H3;2-10,14H,1H3;4-8,12H,2-3,9-10H2,1H3. The van der Waals surface area contributed by atoms with Gasteiger partial charge in [-0.2, -0.15) is 0 Å². The second-order valence-corrected chi connectivity index (χ2v) is 25.9. The summed E-state index contributed by atoms with van der Waals surface area (Å²) >= 11 is 0. The molecule has 0 saturated carbocycles. The van der Waals surface area contributed by atoms with Gasteiger partial charge in [0.15, 0.2) is 23.1 Å². The number of fused-ring (bicyclic) bond motifs is 3. The summed E-state index contributed by atoms with van der Waals surface area (Å²) in [5, 5.41) is 0. The molecule has 2 saturated heterocycles. The third kappa shape index (κ3) is 17.0. The lowest BCUT2D eigenvalue weighted by molar-refractivity contribution is -0.135. The maximum atomic E-state index is 13.2. The third-order valence-corrected chi connectivity index (χ3v) is 19.1. The molecule has 103 heavy (non-hydrogen) atoms. The number of ketones is 5. The van der Waals surface area contributed by atoms with E-state index in [1.54, 1.807) is 56.8 Å². The van der Waals surface area contributed by atoms with Gasteiger partial charge in [-0.25, -0.2) is 0 Å². The topological polar surface area (TPSA) is 187 Å². The maximum Gasteiger partial charge on any atom is 0.242 e. The molecule has 15 rings (SSSR count). The van der Waals surface area contributed by atoms with Gasteiger partial charge in [-0.05, 0) is 114 Å². The minimum absolute atomic E-state index is 0.0327. The van der Waals surface area contributed by atoms with Crippen molar-refractivity contribution in [3.8, 4) is 0 Å². The molecular formula is C88H81N5O10. The number of anilines is 5. The predicted molar refractivity (Wildman–Crippen MR) is 402 cm³/mol. The molecule has 15 heteroatoms. The fourth-order valence-corrected chi connectivity index (χ4v) is 13.6. The van der Waals surface area contributed by atoms with Crippen molar-refractivity contribution in [2.75, 3.05) is 51.7 Å². The van der Waals surface area contributed by atoms with Crippen molar-refractivity contribution < 1.29 is 47.9 Å². The predicted octanol–water partition coefficient (Wildman–Crippen LogP) is 14.9. The van der Waals surface area contributed by atoms with E-state index in [1.807, 2.05) is 267 Å². The summed E-state index contributed by atoms with van der Waals surface area (Å²) in [5.41, 5.74) is 10.5. The van der Waals surface area contributed by atoms with E-state index >= 15 is 0 Å². The van der Waals surface area contributed by atoms with E-state index in [4.69, 9.17) is 0 Å². The first-order chi connectivity index (χ1) is 50.1. The Morgan fingerprint density at radius 3 is 1.18 bits per heavy atom. The highest BCUT2D eigenvalue weighted by atomic mass is 16.2. The van der Waals surface area contributed by atoms with Crippen LogP contribution in [0, 0.1) is 23.7 Å². The molecule has 5 aliphatic heterocycles. The molecule has 5 aliphatic rings. The summed E-state index contributed by atoms with van der Waals surface area (Å²) in [6, 6.07) is 89.0. The van der Waals surface area contributed by atoms with Gasteiger partial charge in [0.2, 0.25) is 29.5 Å². The zero-order chi connectivity index (χ0) is 72.4. The molecule has 0 spiro atoms. The van der Waals surface area contributed by atoms with E-state index < -0.39 is 29.6 Å². The monoisotopic (exact) mass is 1370 g/mol. The number of hydrogen-bond donors (Lipinski definition) is 0. The number of likely N-dealkylation sites (N-methyl/N-ethyl adjacent to an activating group) is 1. The average Bonchev–Trinajstić information content (AvgIpc) is 1.57. The smallest absolute Gasteiger partial charge is 0.242 e. The summed E-state index contributed by atoms with van der Waals surface area (Å²) < 4.78 is 0. The summed E-state index contributed by atoms with van der Waals surface area (Å²) in [6.45, 7) is 3.25. The second-order valence-electron chi connectivity index (χ2n) is 25.9. The molecule has 0 aliphatic carbocycles. The Morgan fingerprint density at radius 1 is 0.330 bits per heavy atom. The minimum Gasteiger partial charge on any atom is -0.314 e. The van der Waals surface area contributed by atoms with Crippen LogP contribution >= 0.6 is 0 Å². The Morgan fingerprint density at radius 2 is 0.699 bits per heavy atom. The van der Waals surface area contributed by atoms with E-state index in [1.165, 1.54) is 0 Å². The van der Waals surface area contributed by atoms with Gasteiger partial charge in [-0.3, -0.25) is 47.9 Å². The second kappa shape index (κ2) is 34.3. The Balaban J connectivity index is 0.000000130. The maximum absolute atomic E-state index is 13.2. The first-order valence-electron chi connectivity index (χ1n) is 34.9. The van der Waals surface area contributed by atoms with Gasteiger partial charge in [0, 0.05) is 55.1 Å². The number of Topliss-reactive ketones (excluding diaryl/α,β-unsaturated/α-hetero) is 5. The van der Waals surface area contributed by atoms with E-state index in [0.29, 0.717) is 78.9 Å². The molecule has 10 aromatic carbocycles.